The second-order valence-electron chi connectivity index (χ2n) is 5.20. The first-order chi connectivity index (χ1) is 11.1. The maximum absolute atomic E-state index is 12.0. The zero-order chi connectivity index (χ0) is 16.2. The summed E-state index contributed by atoms with van der Waals surface area (Å²) in [6.45, 7) is 2.02. The van der Waals surface area contributed by atoms with Crippen LogP contribution in [0.2, 0.25) is 0 Å². The number of rotatable bonds is 6. The van der Waals surface area contributed by atoms with Gasteiger partial charge in [0.15, 0.2) is 0 Å². The zero-order valence-corrected chi connectivity index (χ0v) is 12.4. The normalized spacial score (nSPS) is 10.7. The van der Waals surface area contributed by atoms with Crippen molar-refractivity contribution in [2.45, 2.75) is 19.8 Å². The third-order valence-corrected chi connectivity index (χ3v) is 3.48. The van der Waals surface area contributed by atoms with E-state index in [4.69, 9.17) is 4.42 Å². The average Bonchev–Trinajstić information content (AvgIpc) is 3.21. The number of nitrogens with one attached hydrogen (secondary N) is 1. The minimum atomic E-state index is -0.763. The second kappa shape index (κ2) is 6.35. The van der Waals surface area contributed by atoms with Gasteiger partial charge >= 0.3 is 0 Å². The van der Waals surface area contributed by atoms with Gasteiger partial charge in [-0.1, -0.05) is 29.8 Å². The first kappa shape index (κ1) is 14.8. The Balaban J connectivity index is 1.72. The monoisotopic (exact) mass is 310 g/mol. The Kier molecular flexibility index (Phi) is 4.09. The van der Waals surface area contributed by atoms with Crippen molar-refractivity contribution in [3.05, 3.63) is 64.9 Å². The van der Waals surface area contributed by atoms with Crippen LogP contribution in [0.3, 0.4) is 0 Å². The lowest BCUT2D eigenvalue weighted by atomic mass is 10.0. The molecule has 2 aromatic heterocycles. The van der Waals surface area contributed by atoms with Crippen molar-refractivity contribution in [2.75, 3.05) is 0 Å². The van der Waals surface area contributed by atoms with E-state index in [0.29, 0.717) is 17.7 Å². The fraction of sp³-hybridized carbons (Fsp3) is 0.188. The molecule has 0 aliphatic rings. The summed E-state index contributed by atoms with van der Waals surface area (Å²) in [5, 5.41) is 12.5. The van der Waals surface area contributed by atoms with Crippen LogP contribution in [0.25, 0.3) is 0 Å². The van der Waals surface area contributed by atoms with E-state index >= 15 is 0 Å². The van der Waals surface area contributed by atoms with Gasteiger partial charge in [-0.3, -0.25) is 9.59 Å². The third-order valence-electron chi connectivity index (χ3n) is 3.48. The summed E-state index contributed by atoms with van der Waals surface area (Å²) in [5.41, 5.74) is 2.94. The van der Waals surface area contributed by atoms with Crippen LogP contribution in [0.4, 0.5) is 0 Å². The fourth-order valence-corrected chi connectivity index (χ4v) is 2.21. The number of hydrogen-bond donors (Lipinski definition) is 1. The van der Waals surface area contributed by atoms with Crippen molar-refractivity contribution >= 4 is 11.6 Å². The first-order valence-corrected chi connectivity index (χ1v) is 7.05. The fourth-order valence-electron chi connectivity index (χ4n) is 2.21. The lowest BCUT2D eigenvalue weighted by molar-refractivity contribution is -0.114. The SMILES string of the molecule is Cc1ccc(Cc2occc2CC(=O)C(=O)c2nn[nH]n2)cc1. The molecular weight excluding hydrogens is 296 g/mol. The number of carbonyl (C=O) groups excluding carboxylic acids is 2. The molecule has 0 radical (unpaired) electrons. The lowest BCUT2D eigenvalue weighted by Gasteiger charge is -2.03. The molecule has 0 bridgehead atoms. The Morgan fingerprint density at radius 1 is 1.17 bits per heavy atom. The van der Waals surface area contributed by atoms with E-state index in [0.717, 1.165) is 5.56 Å². The number of benzene rings is 1. The van der Waals surface area contributed by atoms with Crippen LogP contribution in [0.15, 0.2) is 41.0 Å². The summed E-state index contributed by atoms with van der Waals surface area (Å²) < 4.78 is 5.46. The molecule has 0 spiro atoms. The van der Waals surface area contributed by atoms with Crippen molar-refractivity contribution in [2.24, 2.45) is 0 Å². The quantitative estimate of drug-likeness (QED) is 0.549. The largest absolute Gasteiger partial charge is 0.469 e. The van der Waals surface area contributed by atoms with Gasteiger partial charge in [0.2, 0.25) is 11.6 Å². The highest BCUT2D eigenvalue weighted by atomic mass is 16.3. The molecule has 3 aromatic rings. The second-order valence-corrected chi connectivity index (χ2v) is 5.20. The van der Waals surface area contributed by atoms with Crippen LogP contribution in [0, 0.1) is 6.92 Å². The third kappa shape index (κ3) is 3.39. The molecule has 116 valence electrons. The molecule has 3 rings (SSSR count). The zero-order valence-electron chi connectivity index (χ0n) is 12.4. The molecule has 0 saturated heterocycles. The Bertz CT molecular complexity index is 819. The number of Topliss-reactive ketones (excluding diaryl/α,β-unsaturated/α-hetero) is 2. The average molecular weight is 310 g/mol. The maximum Gasteiger partial charge on any atom is 0.269 e. The number of aromatic amines is 1. The van der Waals surface area contributed by atoms with Gasteiger partial charge in [-0.25, -0.2) is 0 Å². The Hall–Kier alpha value is -3.09. The molecule has 7 heteroatoms. The lowest BCUT2D eigenvalue weighted by Crippen LogP contribution is -2.18. The van der Waals surface area contributed by atoms with Gasteiger partial charge < -0.3 is 4.42 Å². The molecule has 0 saturated carbocycles. The van der Waals surface area contributed by atoms with E-state index in [1.54, 1.807) is 6.07 Å². The standard InChI is InChI=1S/C16H14N4O3/c1-10-2-4-11(5-3-10)8-14-12(6-7-23-14)9-13(21)15(22)16-17-19-20-18-16/h2-7H,8-9H2,1H3,(H,17,18,19,20). The molecule has 23 heavy (non-hydrogen) atoms. The maximum atomic E-state index is 12.0. The van der Waals surface area contributed by atoms with Crippen LogP contribution in [0.1, 0.15) is 33.1 Å². The molecule has 7 nitrogen and oxygen atoms in total. The topological polar surface area (TPSA) is 102 Å². The Morgan fingerprint density at radius 2 is 1.96 bits per heavy atom. The van der Waals surface area contributed by atoms with E-state index in [2.05, 4.69) is 20.6 Å². The van der Waals surface area contributed by atoms with E-state index in [9.17, 15) is 9.59 Å². The summed E-state index contributed by atoms with van der Waals surface area (Å²) in [4.78, 5) is 23.9. The number of ketones is 2. The summed E-state index contributed by atoms with van der Waals surface area (Å²) in [7, 11) is 0. The van der Waals surface area contributed by atoms with Crippen LogP contribution in [-0.4, -0.2) is 32.2 Å². The molecule has 0 atom stereocenters. The number of aromatic nitrogens is 4. The summed E-state index contributed by atoms with van der Waals surface area (Å²) in [6, 6.07) is 9.75. The molecular formula is C16H14N4O3. The summed E-state index contributed by atoms with van der Waals surface area (Å²) in [5.74, 6) is -0.916. The smallest absolute Gasteiger partial charge is 0.269 e. The van der Waals surface area contributed by atoms with E-state index < -0.39 is 11.6 Å². The van der Waals surface area contributed by atoms with Crippen molar-refractivity contribution in [1.82, 2.24) is 20.6 Å². The highest BCUT2D eigenvalue weighted by Crippen LogP contribution is 2.17. The number of hydrogen-bond acceptors (Lipinski definition) is 6. The van der Waals surface area contributed by atoms with Crippen LogP contribution < -0.4 is 0 Å². The van der Waals surface area contributed by atoms with Crippen molar-refractivity contribution in [1.29, 1.82) is 0 Å². The molecule has 0 aliphatic heterocycles. The summed E-state index contributed by atoms with van der Waals surface area (Å²) >= 11 is 0. The van der Waals surface area contributed by atoms with Crippen LogP contribution in [-0.2, 0) is 17.6 Å². The number of carbonyl (C=O) groups is 2. The first-order valence-electron chi connectivity index (χ1n) is 7.05. The number of H-pyrrole nitrogens is 1. The predicted molar refractivity (Wildman–Crippen MR) is 79.9 cm³/mol. The van der Waals surface area contributed by atoms with Gasteiger partial charge in [0.25, 0.3) is 5.78 Å². The highest BCUT2D eigenvalue weighted by Gasteiger charge is 2.22. The molecule has 0 aliphatic carbocycles. The molecule has 0 fully saturated rings. The van der Waals surface area contributed by atoms with Gasteiger partial charge in [-0.2, -0.15) is 5.21 Å². The minimum absolute atomic E-state index is 0.0505. The molecule has 2 heterocycles. The van der Waals surface area contributed by atoms with Gasteiger partial charge in [-0.15, -0.1) is 10.2 Å². The Labute approximate surface area is 131 Å². The van der Waals surface area contributed by atoms with Gasteiger partial charge in [0.05, 0.1) is 6.26 Å². The number of nitrogens with zero attached hydrogens (tertiary/aromatic N) is 3. The molecule has 1 aromatic carbocycles. The van der Waals surface area contributed by atoms with E-state index in [1.165, 1.54) is 11.8 Å². The van der Waals surface area contributed by atoms with E-state index in [-0.39, 0.29) is 12.2 Å². The molecule has 0 unspecified atom stereocenters. The van der Waals surface area contributed by atoms with Gasteiger partial charge in [0, 0.05) is 18.4 Å². The van der Waals surface area contributed by atoms with E-state index in [1.807, 2.05) is 31.2 Å². The van der Waals surface area contributed by atoms with Gasteiger partial charge in [-0.05, 0) is 23.8 Å². The van der Waals surface area contributed by atoms with Crippen molar-refractivity contribution in [3.63, 3.8) is 0 Å². The molecule has 0 amide bonds. The summed E-state index contributed by atoms with van der Waals surface area (Å²) in [6.07, 6.45) is 2.03. The Morgan fingerprint density at radius 3 is 2.65 bits per heavy atom. The predicted octanol–water partition coefficient (Wildman–Crippen LogP) is 1.69. The number of tetrazole rings is 1. The molecule has 1 N–H and O–H groups in total. The van der Waals surface area contributed by atoms with Crippen LogP contribution in [0.5, 0.6) is 0 Å². The highest BCUT2D eigenvalue weighted by molar-refractivity contribution is 6.43. The number of aryl methyl sites for hydroxylation is 1. The van der Waals surface area contributed by atoms with Crippen molar-refractivity contribution < 1.29 is 14.0 Å². The van der Waals surface area contributed by atoms with Crippen molar-refractivity contribution in [3.8, 4) is 0 Å². The van der Waals surface area contributed by atoms with Crippen LogP contribution >= 0.6 is 0 Å². The minimum Gasteiger partial charge on any atom is -0.469 e. The van der Waals surface area contributed by atoms with Gasteiger partial charge in [0.1, 0.15) is 5.76 Å². The number of furan rings is 1.